The van der Waals surface area contributed by atoms with Gasteiger partial charge in [-0.1, -0.05) is 6.92 Å². The number of likely N-dealkylation sites (N-methyl/N-ethyl adjacent to an activating group) is 1. The van der Waals surface area contributed by atoms with Crippen molar-refractivity contribution in [2.75, 3.05) is 26.8 Å². The lowest BCUT2D eigenvalue weighted by atomic mass is 9.74. The number of carboxylic acid groups (broad SMARTS) is 1. The van der Waals surface area contributed by atoms with E-state index < -0.39 is 5.97 Å². The predicted molar refractivity (Wildman–Crippen MR) is 86.4 cm³/mol. The maximum atomic E-state index is 12.2. The van der Waals surface area contributed by atoms with Crippen LogP contribution in [0.25, 0.3) is 0 Å². The van der Waals surface area contributed by atoms with Gasteiger partial charge in [-0.2, -0.15) is 0 Å². The molecule has 0 spiro atoms. The van der Waals surface area contributed by atoms with E-state index in [1.165, 1.54) is 0 Å². The third-order valence-corrected chi connectivity index (χ3v) is 5.18. The van der Waals surface area contributed by atoms with Crippen molar-refractivity contribution in [2.45, 2.75) is 63.1 Å². The van der Waals surface area contributed by atoms with Gasteiger partial charge in [0, 0.05) is 31.3 Å². The maximum Gasteiger partial charge on any atom is 0.317 e. The number of urea groups is 1. The normalized spacial score (nSPS) is 25.3. The van der Waals surface area contributed by atoms with E-state index in [1.807, 2.05) is 11.8 Å². The summed E-state index contributed by atoms with van der Waals surface area (Å²) in [6, 6.07) is 0.292. The Balaban J connectivity index is 1.70. The number of rotatable bonds is 9. The minimum Gasteiger partial charge on any atom is -0.480 e. The average Bonchev–Trinajstić information content (AvgIpc) is 2.42. The molecule has 0 aromatic carbocycles. The second-order valence-corrected chi connectivity index (χ2v) is 6.75. The first-order valence-corrected chi connectivity index (χ1v) is 8.51. The van der Waals surface area contributed by atoms with Gasteiger partial charge in [0.2, 0.25) is 0 Å². The predicted octanol–water partition coefficient (Wildman–Crippen LogP) is 1.18. The highest BCUT2D eigenvalue weighted by Gasteiger charge is 2.39. The summed E-state index contributed by atoms with van der Waals surface area (Å²) >= 11 is 0. The molecule has 7 nitrogen and oxygen atoms in total. The highest BCUT2D eigenvalue weighted by atomic mass is 16.5. The number of carbonyl (C=O) groups excluding carboxylic acids is 1. The van der Waals surface area contributed by atoms with Crippen LogP contribution in [0.5, 0.6) is 0 Å². The van der Waals surface area contributed by atoms with Crippen molar-refractivity contribution < 1.29 is 19.4 Å². The van der Waals surface area contributed by atoms with E-state index in [1.54, 1.807) is 7.11 Å². The van der Waals surface area contributed by atoms with Gasteiger partial charge >= 0.3 is 12.0 Å². The first kappa shape index (κ1) is 18.0. The molecule has 0 atom stereocenters. The molecule has 0 unspecified atom stereocenters. The van der Waals surface area contributed by atoms with Crippen molar-refractivity contribution >= 4 is 12.0 Å². The average molecular weight is 327 g/mol. The number of ether oxygens (including phenoxy) is 1. The number of nitrogens with one attached hydrogen (secondary N) is 2. The summed E-state index contributed by atoms with van der Waals surface area (Å²) in [7, 11) is 1.68. The summed E-state index contributed by atoms with van der Waals surface area (Å²) in [6.07, 6.45) is 5.67. The van der Waals surface area contributed by atoms with E-state index in [4.69, 9.17) is 9.84 Å². The van der Waals surface area contributed by atoms with E-state index in [2.05, 4.69) is 10.6 Å². The van der Waals surface area contributed by atoms with Crippen LogP contribution in [0.15, 0.2) is 0 Å². The van der Waals surface area contributed by atoms with Crippen LogP contribution in [-0.2, 0) is 9.53 Å². The lowest BCUT2D eigenvalue weighted by Crippen LogP contribution is -2.61. The van der Waals surface area contributed by atoms with Gasteiger partial charge in [0.15, 0.2) is 0 Å². The molecule has 0 aromatic rings. The summed E-state index contributed by atoms with van der Waals surface area (Å²) in [4.78, 5) is 24.9. The Hall–Kier alpha value is -1.34. The van der Waals surface area contributed by atoms with Crippen LogP contribution in [-0.4, -0.2) is 66.4 Å². The van der Waals surface area contributed by atoms with Gasteiger partial charge in [-0.3, -0.25) is 9.69 Å². The number of nitrogens with zero attached hydrogens (tertiary/aromatic N) is 1. The van der Waals surface area contributed by atoms with Gasteiger partial charge in [-0.25, -0.2) is 4.79 Å². The van der Waals surface area contributed by atoms with E-state index in [0.717, 1.165) is 45.1 Å². The first-order valence-electron chi connectivity index (χ1n) is 8.51. The van der Waals surface area contributed by atoms with Crippen LogP contribution in [0, 0.1) is 0 Å². The van der Waals surface area contributed by atoms with Gasteiger partial charge in [0.25, 0.3) is 0 Å². The molecule has 2 aliphatic carbocycles. The zero-order chi connectivity index (χ0) is 16.9. The van der Waals surface area contributed by atoms with Crippen molar-refractivity contribution in [1.82, 2.24) is 15.5 Å². The SMILES string of the molecule is CCN(CC(=O)O)C1CC(NC(=O)NC2(CCOC)CCC2)C1. The van der Waals surface area contributed by atoms with Gasteiger partial charge in [-0.15, -0.1) is 0 Å². The minimum absolute atomic E-state index is 0.0697. The number of carbonyl (C=O) groups is 2. The van der Waals surface area contributed by atoms with Crippen molar-refractivity contribution in [3.63, 3.8) is 0 Å². The smallest absolute Gasteiger partial charge is 0.317 e. The summed E-state index contributed by atoms with van der Waals surface area (Å²) in [5.74, 6) is -0.800. The van der Waals surface area contributed by atoms with Crippen LogP contribution >= 0.6 is 0 Å². The van der Waals surface area contributed by atoms with Crippen LogP contribution in [0.4, 0.5) is 4.79 Å². The molecular formula is C16H29N3O4. The van der Waals surface area contributed by atoms with Crippen molar-refractivity contribution in [2.24, 2.45) is 0 Å². The molecule has 2 fully saturated rings. The third kappa shape index (κ3) is 4.81. The van der Waals surface area contributed by atoms with Crippen LogP contribution in [0.1, 0.15) is 45.4 Å². The molecule has 2 saturated carbocycles. The molecular weight excluding hydrogens is 298 g/mol. The summed E-state index contributed by atoms with van der Waals surface area (Å²) < 4.78 is 5.13. The van der Waals surface area contributed by atoms with E-state index >= 15 is 0 Å². The van der Waals surface area contributed by atoms with E-state index in [-0.39, 0.29) is 30.2 Å². The molecule has 2 amide bonds. The largest absolute Gasteiger partial charge is 0.480 e. The molecule has 0 aromatic heterocycles. The highest BCUT2D eigenvalue weighted by Crippen LogP contribution is 2.35. The fourth-order valence-electron chi connectivity index (χ4n) is 3.48. The van der Waals surface area contributed by atoms with Gasteiger partial charge in [-0.05, 0) is 45.1 Å². The fraction of sp³-hybridized carbons (Fsp3) is 0.875. The minimum atomic E-state index is -0.800. The highest BCUT2D eigenvalue weighted by molar-refractivity contribution is 5.75. The second kappa shape index (κ2) is 7.97. The van der Waals surface area contributed by atoms with E-state index in [0.29, 0.717) is 6.61 Å². The molecule has 2 rings (SSSR count). The summed E-state index contributed by atoms with van der Waals surface area (Å²) in [5.41, 5.74) is -0.0952. The van der Waals surface area contributed by atoms with Crippen LogP contribution < -0.4 is 10.6 Å². The number of hydrogen-bond acceptors (Lipinski definition) is 4. The number of amides is 2. The standard InChI is InChI=1S/C16H29N3O4/c1-3-19(11-14(20)21)13-9-12(10-13)17-15(22)18-16(5-4-6-16)7-8-23-2/h12-13H,3-11H2,1-2H3,(H,20,21)(H2,17,18,22). The van der Waals surface area contributed by atoms with E-state index in [9.17, 15) is 9.59 Å². The second-order valence-electron chi connectivity index (χ2n) is 6.75. The van der Waals surface area contributed by atoms with Gasteiger partial charge < -0.3 is 20.5 Å². The monoisotopic (exact) mass is 327 g/mol. The Morgan fingerprint density at radius 1 is 1.35 bits per heavy atom. The molecule has 0 bridgehead atoms. The molecule has 0 saturated heterocycles. The molecule has 3 N–H and O–H groups in total. The lowest BCUT2D eigenvalue weighted by molar-refractivity contribution is -0.139. The first-order chi connectivity index (χ1) is 11.0. The van der Waals surface area contributed by atoms with Crippen LogP contribution in [0.3, 0.4) is 0 Å². The Bertz CT molecular complexity index is 420. The molecule has 0 radical (unpaired) electrons. The zero-order valence-corrected chi connectivity index (χ0v) is 14.1. The molecule has 0 aliphatic heterocycles. The number of hydrogen-bond donors (Lipinski definition) is 3. The Labute approximate surface area is 137 Å². The summed E-state index contributed by atoms with van der Waals surface area (Å²) in [6.45, 7) is 3.41. The molecule has 0 heterocycles. The third-order valence-electron chi connectivity index (χ3n) is 5.18. The quantitative estimate of drug-likeness (QED) is 0.591. The molecule has 23 heavy (non-hydrogen) atoms. The Kier molecular flexibility index (Phi) is 6.24. The number of aliphatic carboxylic acids is 1. The van der Waals surface area contributed by atoms with Crippen LogP contribution in [0.2, 0.25) is 0 Å². The molecule has 132 valence electrons. The lowest BCUT2D eigenvalue weighted by Gasteiger charge is -2.45. The topological polar surface area (TPSA) is 90.9 Å². The van der Waals surface area contributed by atoms with Crippen molar-refractivity contribution in [3.8, 4) is 0 Å². The number of methoxy groups -OCH3 is 1. The molecule has 2 aliphatic rings. The number of carboxylic acids is 1. The van der Waals surface area contributed by atoms with Crippen molar-refractivity contribution in [3.05, 3.63) is 0 Å². The zero-order valence-electron chi connectivity index (χ0n) is 14.1. The summed E-state index contributed by atoms with van der Waals surface area (Å²) in [5, 5.41) is 15.0. The Morgan fingerprint density at radius 3 is 2.52 bits per heavy atom. The van der Waals surface area contributed by atoms with Gasteiger partial charge in [0.05, 0.1) is 6.54 Å². The van der Waals surface area contributed by atoms with Gasteiger partial charge in [0.1, 0.15) is 0 Å². The Morgan fingerprint density at radius 2 is 2.04 bits per heavy atom. The maximum absolute atomic E-state index is 12.2. The molecule has 7 heteroatoms. The fourth-order valence-corrected chi connectivity index (χ4v) is 3.48. The van der Waals surface area contributed by atoms with Crippen molar-refractivity contribution in [1.29, 1.82) is 0 Å².